The third-order valence-electron chi connectivity index (χ3n) is 3.49. The summed E-state index contributed by atoms with van der Waals surface area (Å²) in [6, 6.07) is 4.65. The minimum Gasteiger partial charge on any atom is -0.481 e. The van der Waals surface area contributed by atoms with Crippen LogP contribution in [0.2, 0.25) is 5.02 Å². The lowest BCUT2D eigenvalue weighted by atomic mass is 10.0. The molecule has 1 aromatic rings. The van der Waals surface area contributed by atoms with Crippen molar-refractivity contribution in [3.05, 3.63) is 33.3 Å². The molecule has 1 aliphatic heterocycles. The number of amides is 1. The molecule has 1 amide bonds. The maximum Gasteiger partial charge on any atom is 0.308 e. The fraction of sp³-hybridized carbons (Fsp3) is 0.385. The number of benzene rings is 1. The van der Waals surface area contributed by atoms with Gasteiger partial charge in [-0.3, -0.25) is 9.59 Å². The molecule has 1 aliphatic rings. The number of likely N-dealkylation sites (tertiary alicyclic amines) is 1. The number of halogens is 2. The number of carbonyl (C=O) groups excluding carboxylic acids is 1. The second-order valence-electron chi connectivity index (χ2n) is 4.60. The predicted octanol–water partition coefficient (Wildman–Crippen LogP) is 3.04. The summed E-state index contributed by atoms with van der Waals surface area (Å²) in [6.07, 6.45) is 0.494. The molecule has 1 fully saturated rings. The van der Waals surface area contributed by atoms with E-state index in [1.54, 1.807) is 30.0 Å². The molecule has 0 aromatic heterocycles. The summed E-state index contributed by atoms with van der Waals surface area (Å²) in [7, 11) is 0. The third-order valence-corrected chi connectivity index (χ3v) is 4.39. The first-order valence-electron chi connectivity index (χ1n) is 5.90. The average molecular weight is 347 g/mol. The van der Waals surface area contributed by atoms with Crippen LogP contribution in [0.1, 0.15) is 23.7 Å². The SMILES string of the molecule is CC1C(C(=O)O)CCN1C(=O)c1ccc(Cl)cc1Br. The van der Waals surface area contributed by atoms with Crippen LogP contribution in [-0.4, -0.2) is 34.5 Å². The standard InChI is InChI=1S/C13H13BrClNO3/c1-7-9(13(18)19)4-5-16(7)12(17)10-3-2-8(15)6-11(10)14/h2-3,6-7,9H,4-5H2,1H3,(H,18,19). The van der Waals surface area contributed by atoms with Crippen molar-refractivity contribution in [2.24, 2.45) is 5.92 Å². The summed E-state index contributed by atoms with van der Waals surface area (Å²) in [5.41, 5.74) is 0.502. The van der Waals surface area contributed by atoms with Gasteiger partial charge < -0.3 is 10.0 Å². The van der Waals surface area contributed by atoms with Crippen LogP contribution < -0.4 is 0 Å². The van der Waals surface area contributed by atoms with Gasteiger partial charge >= 0.3 is 5.97 Å². The van der Waals surface area contributed by atoms with E-state index in [0.717, 1.165) is 0 Å². The molecule has 19 heavy (non-hydrogen) atoms. The zero-order chi connectivity index (χ0) is 14.2. The van der Waals surface area contributed by atoms with Crippen LogP contribution in [-0.2, 0) is 4.79 Å². The van der Waals surface area contributed by atoms with E-state index in [4.69, 9.17) is 16.7 Å². The number of hydrogen-bond donors (Lipinski definition) is 1. The predicted molar refractivity (Wildman–Crippen MR) is 75.4 cm³/mol. The largest absolute Gasteiger partial charge is 0.481 e. The van der Waals surface area contributed by atoms with Crippen molar-refractivity contribution < 1.29 is 14.7 Å². The van der Waals surface area contributed by atoms with Crippen molar-refractivity contribution in [2.75, 3.05) is 6.54 Å². The summed E-state index contributed by atoms with van der Waals surface area (Å²) in [4.78, 5) is 25.1. The van der Waals surface area contributed by atoms with E-state index in [-0.39, 0.29) is 11.9 Å². The Bertz CT molecular complexity index is 535. The average Bonchev–Trinajstić information content (AvgIpc) is 2.70. The molecule has 4 nitrogen and oxygen atoms in total. The zero-order valence-corrected chi connectivity index (χ0v) is 12.6. The molecule has 1 saturated heterocycles. The molecule has 2 unspecified atom stereocenters. The minimum atomic E-state index is -0.849. The van der Waals surface area contributed by atoms with Crippen LogP contribution in [0.15, 0.2) is 22.7 Å². The third kappa shape index (κ3) is 2.77. The highest BCUT2D eigenvalue weighted by Gasteiger charge is 2.38. The molecule has 6 heteroatoms. The fourth-order valence-corrected chi connectivity index (χ4v) is 3.23. The Labute approximate surface area is 124 Å². The Morgan fingerprint density at radius 1 is 1.47 bits per heavy atom. The molecule has 102 valence electrons. The Morgan fingerprint density at radius 2 is 2.16 bits per heavy atom. The van der Waals surface area contributed by atoms with Crippen LogP contribution in [0, 0.1) is 5.92 Å². The van der Waals surface area contributed by atoms with Gasteiger partial charge in [-0.15, -0.1) is 0 Å². The number of carboxylic acids is 1. The number of aliphatic carboxylic acids is 1. The van der Waals surface area contributed by atoms with Gasteiger partial charge in [0.1, 0.15) is 0 Å². The molecule has 1 N–H and O–H groups in total. The molecule has 0 saturated carbocycles. The first-order valence-corrected chi connectivity index (χ1v) is 7.07. The second kappa shape index (κ2) is 5.51. The first-order chi connectivity index (χ1) is 8.91. The number of rotatable bonds is 2. The Balaban J connectivity index is 2.23. The van der Waals surface area contributed by atoms with Crippen molar-refractivity contribution >= 4 is 39.4 Å². The highest BCUT2D eigenvalue weighted by molar-refractivity contribution is 9.10. The lowest BCUT2D eigenvalue weighted by Gasteiger charge is -2.23. The van der Waals surface area contributed by atoms with Crippen molar-refractivity contribution in [1.82, 2.24) is 4.90 Å². The lowest BCUT2D eigenvalue weighted by molar-refractivity contribution is -0.142. The lowest BCUT2D eigenvalue weighted by Crippen LogP contribution is -2.37. The van der Waals surface area contributed by atoms with Gasteiger partial charge in [0, 0.05) is 22.1 Å². The molecule has 0 radical (unpaired) electrons. The quantitative estimate of drug-likeness (QED) is 0.895. The summed E-state index contributed by atoms with van der Waals surface area (Å²) in [5.74, 6) is -1.51. The summed E-state index contributed by atoms with van der Waals surface area (Å²) >= 11 is 9.15. The van der Waals surface area contributed by atoms with E-state index >= 15 is 0 Å². The molecule has 1 heterocycles. The van der Waals surface area contributed by atoms with Crippen LogP contribution in [0.3, 0.4) is 0 Å². The van der Waals surface area contributed by atoms with Crippen LogP contribution in [0.4, 0.5) is 0 Å². The Hall–Kier alpha value is -1.07. The molecular weight excluding hydrogens is 334 g/mol. The summed E-state index contributed by atoms with van der Waals surface area (Å²) in [5, 5.41) is 9.62. The molecule has 0 bridgehead atoms. The van der Waals surface area contributed by atoms with E-state index in [1.807, 2.05) is 0 Å². The number of nitrogens with zero attached hydrogens (tertiary/aromatic N) is 1. The number of carbonyl (C=O) groups is 2. The van der Waals surface area contributed by atoms with Crippen LogP contribution in [0.25, 0.3) is 0 Å². The van der Waals surface area contributed by atoms with Gasteiger partial charge in [0.15, 0.2) is 0 Å². The molecule has 0 aliphatic carbocycles. The molecule has 2 rings (SSSR count). The zero-order valence-electron chi connectivity index (χ0n) is 10.3. The summed E-state index contributed by atoms with van der Waals surface area (Å²) in [6.45, 7) is 2.24. The monoisotopic (exact) mass is 345 g/mol. The topological polar surface area (TPSA) is 57.6 Å². The van der Waals surface area contributed by atoms with Crippen molar-refractivity contribution in [2.45, 2.75) is 19.4 Å². The number of hydrogen-bond acceptors (Lipinski definition) is 2. The molecular formula is C13H13BrClNO3. The maximum absolute atomic E-state index is 12.4. The van der Waals surface area contributed by atoms with Gasteiger partial charge in [-0.2, -0.15) is 0 Å². The van der Waals surface area contributed by atoms with Gasteiger partial charge in [0.2, 0.25) is 0 Å². The van der Waals surface area contributed by atoms with Crippen LogP contribution >= 0.6 is 27.5 Å². The number of carboxylic acid groups (broad SMARTS) is 1. The highest BCUT2D eigenvalue weighted by atomic mass is 79.9. The normalized spacial score (nSPS) is 22.6. The van der Waals surface area contributed by atoms with Crippen molar-refractivity contribution in [3.63, 3.8) is 0 Å². The molecule has 1 aromatic carbocycles. The Morgan fingerprint density at radius 3 is 2.68 bits per heavy atom. The maximum atomic E-state index is 12.4. The van der Waals surface area contributed by atoms with Gasteiger partial charge in [0.25, 0.3) is 5.91 Å². The van der Waals surface area contributed by atoms with E-state index in [9.17, 15) is 9.59 Å². The van der Waals surface area contributed by atoms with Crippen LogP contribution in [0.5, 0.6) is 0 Å². The van der Waals surface area contributed by atoms with Gasteiger partial charge in [-0.1, -0.05) is 11.6 Å². The van der Waals surface area contributed by atoms with Crippen molar-refractivity contribution in [3.8, 4) is 0 Å². The van der Waals surface area contributed by atoms with Gasteiger partial charge in [-0.05, 0) is 47.5 Å². The highest BCUT2D eigenvalue weighted by Crippen LogP contribution is 2.29. The van der Waals surface area contributed by atoms with E-state index in [0.29, 0.717) is 28.0 Å². The van der Waals surface area contributed by atoms with Crippen molar-refractivity contribution in [1.29, 1.82) is 0 Å². The molecule has 0 spiro atoms. The van der Waals surface area contributed by atoms with E-state index < -0.39 is 11.9 Å². The van der Waals surface area contributed by atoms with Gasteiger partial charge in [0.05, 0.1) is 11.5 Å². The Kier molecular flexibility index (Phi) is 4.16. The smallest absolute Gasteiger partial charge is 0.308 e. The fourth-order valence-electron chi connectivity index (χ4n) is 2.37. The van der Waals surface area contributed by atoms with Gasteiger partial charge in [-0.25, -0.2) is 0 Å². The first kappa shape index (κ1) is 14.3. The van der Waals surface area contributed by atoms with E-state index in [2.05, 4.69) is 15.9 Å². The molecule has 2 atom stereocenters. The second-order valence-corrected chi connectivity index (χ2v) is 5.89. The minimum absolute atomic E-state index is 0.167. The van der Waals surface area contributed by atoms with E-state index in [1.165, 1.54) is 0 Å². The summed E-state index contributed by atoms with van der Waals surface area (Å²) < 4.78 is 0.621.